The number of benzene rings is 1. The van der Waals surface area contributed by atoms with Crippen molar-refractivity contribution in [1.82, 2.24) is 9.97 Å². The van der Waals surface area contributed by atoms with Crippen LogP contribution >= 0.6 is 0 Å². The number of halogens is 3. The molecule has 130 valence electrons. The van der Waals surface area contributed by atoms with Crippen molar-refractivity contribution in [3.63, 3.8) is 0 Å². The van der Waals surface area contributed by atoms with Crippen molar-refractivity contribution < 1.29 is 13.2 Å². The molecule has 6 heteroatoms. The molecule has 0 saturated heterocycles. The van der Waals surface area contributed by atoms with Gasteiger partial charge in [0.25, 0.3) is 0 Å². The van der Waals surface area contributed by atoms with Gasteiger partial charge in [-0.15, -0.1) is 0 Å². The summed E-state index contributed by atoms with van der Waals surface area (Å²) < 4.78 is 38.9. The first kappa shape index (κ1) is 16.0. The van der Waals surface area contributed by atoms with Crippen molar-refractivity contribution in [3.05, 3.63) is 47.4 Å². The van der Waals surface area contributed by atoms with Crippen LogP contribution in [0.25, 0.3) is 27.4 Å². The van der Waals surface area contributed by atoms with E-state index in [0.717, 1.165) is 64.8 Å². The number of rotatable bonds is 2. The lowest BCUT2D eigenvalue weighted by atomic mass is 9.85. The van der Waals surface area contributed by atoms with Crippen molar-refractivity contribution in [2.75, 3.05) is 0 Å². The van der Waals surface area contributed by atoms with E-state index in [9.17, 15) is 13.2 Å². The summed E-state index contributed by atoms with van der Waals surface area (Å²) in [6.07, 6.45) is 1.16. The number of alkyl halides is 3. The number of H-pyrrole nitrogens is 1. The van der Waals surface area contributed by atoms with Gasteiger partial charge < -0.3 is 10.7 Å². The van der Waals surface area contributed by atoms with Gasteiger partial charge in [-0.25, -0.2) is 0 Å². The van der Waals surface area contributed by atoms with Crippen LogP contribution < -0.4 is 5.73 Å². The Labute approximate surface area is 142 Å². The van der Waals surface area contributed by atoms with Crippen molar-refractivity contribution in [3.8, 4) is 0 Å². The van der Waals surface area contributed by atoms with Crippen molar-refractivity contribution >= 4 is 27.4 Å². The van der Waals surface area contributed by atoms with Gasteiger partial charge in [-0.1, -0.05) is 0 Å². The van der Waals surface area contributed by atoms with Crippen LogP contribution in [0.15, 0.2) is 30.6 Å². The number of pyridine rings is 1. The van der Waals surface area contributed by atoms with Crippen molar-refractivity contribution in [2.24, 2.45) is 5.73 Å². The standard InChI is InChI=1S/C19H18F3N3/c20-19(21,22)9-11(10-23)18-13-4-2-1-3-12(13)17-14-7-8-24-15(14)5-6-16(17)25-18/h5-8,10,25H,1-4,9,23H2/b11-10+. The minimum Gasteiger partial charge on any atom is -0.404 e. The molecule has 3 aromatic rings. The maximum Gasteiger partial charge on any atom is 0.393 e. The van der Waals surface area contributed by atoms with Gasteiger partial charge in [0.1, 0.15) is 0 Å². The fraction of sp³-hybridized carbons (Fsp3) is 0.316. The van der Waals surface area contributed by atoms with E-state index >= 15 is 0 Å². The van der Waals surface area contributed by atoms with Gasteiger partial charge in [0, 0.05) is 33.8 Å². The van der Waals surface area contributed by atoms with Gasteiger partial charge in [-0.05, 0) is 61.2 Å². The van der Waals surface area contributed by atoms with Crippen LogP contribution in [-0.2, 0) is 12.8 Å². The highest BCUT2D eigenvalue weighted by molar-refractivity contribution is 6.07. The van der Waals surface area contributed by atoms with Crippen LogP contribution in [0.5, 0.6) is 0 Å². The van der Waals surface area contributed by atoms with Crippen LogP contribution in [0.4, 0.5) is 13.2 Å². The smallest absolute Gasteiger partial charge is 0.393 e. The molecule has 0 amide bonds. The van der Waals surface area contributed by atoms with E-state index < -0.39 is 12.6 Å². The molecule has 0 aliphatic heterocycles. The molecule has 3 nitrogen and oxygen atoms in total. The zero-order chi connectivity index (χ0) is 17.6. The number of aryl methyl sites for hydroxylation is 1. The third kappa shape index (κ3) is 2.75. The first-order valence-electron chi connectivity index (χ1n) is 8.37. The molecule has 0 fully saturated rings. The Morgan fingerprint density at radius 3 is 2.64 bits per heavy atom. The number of hydrogen-bond donors (Lipinski definition) is 2. The molecule has 0 spiro atoms. The second-order valence-corrected chi connectivity index (χ2v) is 6.51. The molecule has 1 aromatic carbocycles. The highest BCUT2D eigenvalue weighted by atomic mass is 19.4. The lowest BCUT2D eigenvalue weighted by molar-refractivity contribution is -0.123. The topological polar surface area (TPSA) is 54.7 Å². The zero-order valence-corrected chi connectivity index (χ0v) is 13.6. The first-order chi connectivity index (χ1) is 12.0. The van der Waals surface area contributed by atoms with Gasteiger partial charge >= 0.3 is 6.18 Å². The summed E-state index contributed by atoms with van der Waals surface area (Å²) in [4.78, 5) is 7.58. The van der Waals surface area contributed by atoms with E-state index in [1.54, 1.807) is 6.20 Å². The second-order valence-electron chi connectivity index (χ2n) is 6.51. The predicted molar refractivity (Wildman–Crippen MR) is 93.1 cm³/mol. The Kier molecular flexibility index (Phi) is 3.71. The fourth-order valence-corrected chi connectivity index (χ4v) is 3.90. The summed E-state index contributed by atoms with van der Waals surface area (Å²) in [5.41, 5.74) is 10.0. The first-order valence-corrected chi connectivity index (χ1v) is 8.37. The van der Waals surface area contributed by atoms with Crippen LogP contribution in [0.2, 0.25) is 0 Å². The molecule has 2 aromatic heterocycles. The van der Waals surface area contributed by atoms with E-state index in [4.69, 9.17) is 5.73 Å². The highest BCUT2D eigenvalue weighted by Crippen LogP contribution is 2.38. The van der Waals surface area contributed by atoms with Crippen molar-refractivity contribution in [2.45, 2.75) is 38.3 Å². The average molecular weight is 345 g/mol. The van der Waals surface area contributed by atoms with Crippen LogP contribution in [-0.4, -0.2) is 16.1 Å². The van der Waals surface area contributed by atoms with Gasteiger partial charge in [-0.2, -0.15) is 13.2 Å². The molecule has 1 aliphatic carbocycles. The quantitative estimate of drug-likeness (QED) is 0.698. The van der Waals surface area contributed by atoms with E-state index in [1.807, 2.05) is 18.2 Å². The molecule has 25 heavy (non-hydrogen) atoms. The van der Waals surface area contributed by atoms with E-state index in [2.05, 4.69) is 9.97 Å². The summed E-state index contributed by atoms with van der Waals surface area (Å²) in [5, 5.41) is 2.13. The normalized spacial score (nSPS) is 15.7. The Morgan fingerprint density at radius 2 is 1.92 bits per heavy atom. The maximum atomic E-state index is 13.0. The summed E-state index contributed by atoms with van der Waals surface area (Å²) in [6.45, 7) is 0. The van der Waals surface area contributed by atoms with Gasteiger partial charge in [0.15, 0.2) is 0 Å². The lowest BCUT2D eigenvalue weighted by Crippen LogP contribution is -2.14. The molecule has 2 heterocycles. The predicted octanol–water partition coefficient (Wildman–Crippen LogP) is 4.85. The molecular weight excluding hydrogens is 327 g/mol. The number of fused-ring (bicyclic) bond motifs is 5. The molecule has 0 unspecified atom stereocenters. The maximum absolute atomic E-state index is 13.0. The van der Waals surface area contributed by atoms with E-state index in [-0.39, 0.29) is 5.57 Å². The van der Waals surface area contributed by atoms with E-state index in [0.29, 0.717) is 5.69 Å². The van der Waals surface area contributed by atoms with Crippen LogP contribution in [0.1, 0.15) is 36.1 Å². The van der Waals surface area contributed by atoms with E-state index in [1.165, 1.54) is 0 Å². The largest absolute Gasteiger partial charge is 0.404 e. The van der Waals surface area contributed by atoms with Gasteiger partial charge in [0.05, 0.1) is 11.9 Å². The molecule has 0 atom stereocenters. The van der Waals surface area contributed by atoms with Gasteiger partial charge in [-0.3, -0.25) is 4.98 Å². The van der Waals surface area contributed by atoms with Crippen LogP contribution in [0.3, 0.4) is 0 Å². The molecule has 3 N–H and O–H groups in total. The molecule has 0 saturated carbocycles. The number of allylic oxidation sites excluding steroid dienone is 1. The van der Waals surface area contributed by atoms with Crippen LogP contribution in [0, 0.1) is 0 Å². The Hall–Kier alpha value is -2.50. The Balaban J connectivity index is 2.01. The van der Waals surface area contributed by atoms with Gasteiger partial charge in [0.2, 0.25) is 0 Å². The number of hydrogen-bond acceptors (Lipinski definition) is 2. The SMILES string of the molecule is N/C=C(\CC(F)(F)F)c1[nH]c2ccc3nccc3c2c2c1CCCC2. The monoisotopic (exact) mass is 345 g/mol. The molecular formula is C19H18F3N3. The molecule has 0 radical (unpaired) electrons. The summed E-state index contributed by atoms with van der Waals surface area (Å²) in [5.74, 6) is 0. The Morgan fingerprint density at radius 1 is 1.16 bits per heavy atom. The summed E-state index contributed by atoms with van der Waals surface area (Å²) in [6, 6.07) is 5.75. The lowest BCUT2D eigenvalue weighted by Gasteiger charge is -2.24. The summed E-state index contributed by atoms with van der Waals surface area (Å²) in [7, 11) is 0. The Bertz CT molecular complexity index is 983. The number of nitrogens with two attached hydrogens (primary N) is 1. The van der Waals surface area contributed by atoms with Crippen molar-refractivity contribution in [1.29, 1.82) is 0 Å². The minimum atomic E-state index is -4.30. The molecule has 1 aliphatic rings. The zero-order valence-electron chi connectivity index (χ0n) is 13.6. The second kappa shape index (κ2) is 5.79. The number of nitrogens with zero attached hydrogens (tertiary/aromatic N) is 1. The third-order valence-corrected chi connectivity index (χ3v) is 4.92. The number of aromatic amines is 1. The fourth-order valence-electron chi connectivity index (χ4n) is 3.90. The highest BCUT2D eigenvalue weighted by Gasteiger charge is 2.31. The molecule has 0 bridgehead atoms. The third-order valence-electron chi connectivity index (χ3n) is 4.92. The number of nitrogens with one attached hydrogen (secondary N) is 1. The number of aromatic nitrogens is 2. The minimum absolute atomic E-state index is 0.105. The summed E-state index contributed by atoms with van der Waals surface area (Å²) >= 11 is 0. The molecule has 4 rings (SSSR count). The average Bonchev–Trinajstić information content (AvgIpc) is 3.06.